The number of hydrogen-bond acceptors (Lipinski definition) is 3. The Morgan fingerprint density at radius 3 is 2.41 bits per heavy atom. The molecule has 2 amide bonds. The molecule has 5 nitrogen and oxygen atoms in total. The summed E-state index contributed by atoms with van der Waals surface area (Å²) in [7, 11) is 0. The van der Waals surface area contributed by atoms with E-state index in [2.05, 4.69) is 0 Å². The van der Waals surface area contributed by atoms with Crippen molar-refractivity contribution in [2.45, 2.75) is 33.6 Å². The van der Waals surface area contributed by atoms with E-state index in [1.165, 1.54) is 0 Å². The monoisotopic (exact) mass is 241 g/mol. The number of likely N-dealkylation sites (tertiary alicyclic amines) is 1. The summed E-state index contributed by atoms with van der Waals surface area (Å²) in [6, 6.07) is 0. The van der Waals surface area contributed by atoms with Crippen LogP contribution in [0.5, 0.6) is 0 Å². The van der Waals surface area contributed by atoms with Gasteiger partial charge in [-0.15, -0.1) is 0 Å². The Balaban J connectivity index is 2.78. The highest BCUT2D eigenvalue weighted by Gasteiger charge is 2.44. The molecular formula is C12H23N3O2. The van der Waals surface area contributed by atoms with Crippen molar-refractivity contribution in [2.75, 3.05) is 19.6 Å². The van der Waals surface area contributed by atoms with Crippen LogP contribution in [0.15, 0.2) is 0 Å². The SMILES string of the molecule is CCC(C)(CN)C(=O)N1CCC(C)(C(N)=O)C1. The molecule has 0 aliphatic carbocycles. The van der Waals surface area contributed by atoms with E-state index in [1.54, 1.807) is 4.90 Å². The summed E-state index contributed by atoms with van der Waals surface area (Å²) >= 11 is 0. The maximum atomic E-state index is 12.3. The van der Waals surface area contributed by atoms with Crippen molar-refractivity contribution in [1.29, 1.82) is 0 Å². The lowest BCUT2D eigenvalue weighted by Crippen LogP contribution is -2.46. The van der Waals surface area contributed by atoms with Gasteiger partial charge in [0.25, 0.3) is 0 Å². The molecule has 0 aromatic heterocycles. The molecule has 4 N–H and O–H groups in total. The number of carbonyl (C=O) groups is 2. The summed E-state index contributed by atoms with van der Waals surface area (Å²) in [6.07, 6.45) is 1.34. The molecule has 2 atom stereocenters. The highest BCUT2D eigenvalue weighted by atomic mass is 16.2. The fourth-order valence-corrected chi connectivity index (χ4v) is 2.10. The third-order valence-electron chi connectivity index (χ3n) is 4.10. The maximum Gasteiger partial charge on any atom is 0.229 e. The first-order valence-corrected chi connectivity index (χ1v) is 6.08. The van der Waals surface area contributed by atoms with Gasteiger partial charge in [-0.2, -0.15) is 0 Å². The molecule has 1 heterocycles. The van der Waals surface area contributed by atoms with E-state index in [1.807, 2.05) is 20.8 Å². The van der Waals surface area contributed by atoms with Crippen molar-refractivity contribution in [3.8, 4) is 0 Å². The Morgan fingerprint density at radius 1 is 1.47 bits per heavy atom. The molecule has 98 valence electrons. The largest absolute Gasteiger partial charge is 0.369 e. The molecule has 1 fully saturated rings. The van der Waals surface area contributed by atoms with E-state index in [0.717, 1.165) is 0 Å². The van der Waals surface area contributed by atoms with Crippen LogP contribution in [0.2, 0.25) is 0 Å². The van der Waals surface area contributed by atoms with Crippen LogP contribution in [-0.4, -0.2) is 36.3 Å². The average molecular weight is 241 g/mol. The first-order chi connectivity index (χ1) is 7.79. The number of amides is 2. The zero-order chi connectivity index (χ0) is 13.3. The number of nitrogens with two attached hydrogens (primary N) is 2. The average Bonchev–Trinajstić information content (AvgIpc) is 2.71. The Bertz CT molecular complexity index is 326. The number of carbonyl (C=O) groups excluding carboxylic acids is 2. The van der Waals surface area contributed by atoms with Gasteiger partial charge in [0, 0.05) is 19.6 Å². The van der Waals surface area contributed by atoms with Gasteiger partial charge in [-0.05, 0) is 26.7 Å². The van der Waals surface area contributed by atoms with Crippen LogP contribution in [0.4, 0.5) is 0 Å². The molecule has 1 aliphatic rings. The third-order valence-corrected chi connectivity index (χ3v) is 4.10. The lowest BCUT2D eigenvalue weighted by atomic mass is 9.85. The normalized spacial score (nSPS) is 27.9. The molecule has 0 radical (unpaired) electrons. The Kier molecular flexibility index (Phi) is 3.81. The highest BCUT2D eigenvalue weighted by Crippen LogP contribution is 2.33. The fraction of sp³-hybridized carbons (Fsp3) is 0.833. The lowest BCUT2D eigenvalue weighted by molar-refractivity contribution is -0.140. The van der Waals surface area contributed by atoms with Gasteiger partial charge in [0.2, 0.25) is 11.8 Å². The molecule has 0 aromatic carbocycles. The van der Waals surface area contributed by atoms with Crippen molar-refractivity contribution in [3.05, 3.63) is 0 Å². The Hall–Kier alpha value is -1.10. The van der Waals surface area contributed by atoms with Crippen molar-refractivity contribution in [1.82, 2.24) is 4.90 Å². The molecule has 0 spiro atoms. The van der Waals surface area contributed by atoms with Crippen LogP contribution in [0.3, 0.4) is 0 Å². The minimum atomic E-state index is -0.584. The minimum Gasteiger partial charge on any atom is -0.369 e. The quantitative estimate of drug-likeness (QED) is 0.730. The van der Waals surface area contributed by atoms with E-state index in [0.29, 0.717) is 32.5 Å². The molecule has 5 heteroatoms. The Morgan fingerprint density at radius 2 is 2.06 bits per heavy atom. The van der Waals surface area contributed by atoms with Gasteiger partial charge in [0.05, 0.1) is 10.8 Å². The molecule has 1 rings (SSSR count). The fourth-order valence-electron chi connectivity index (χ4n) is 2.10. The van der Waals surface area contributed by atoms with Crippen LogP contribution in [0.1, 0.15) is 33.6 Å². The molecule has 1 saturated heterocycles. The van der Waals surface area contributed by atoms with Crippen LogP contribution < -0.4 is 11.5 Å². The topological polar surface area (TPSA) is 89.4 Å². The number of primary amides is 1. The maximum absolute atomic E-state index is 12.3. The second-order valence-electron chi connectivity index (χ2n) is 5.52. The molecule has 0 saturated carbocycles. The Labute approximate surface area is 103 Å². The zero-order valence-electron chi connectivity index (χ0n) is 11.0. The van der Waals surface area contributed by atoms with Crippen LogP contribution in [0, 0.1) is 10.8 Å². The highest BCUT2D eigenvalue weighted by molar-refractivity contribution is 5.86. The third kappa shape index (κ3) is 2.44. The summed E-state index contributed by atoms with van der Waals surface area (Å²) in [5.74, 6) is -0.300. The van der Waals surface area contributed by atoms with E-state index >= 15 is 0 Å². The van der Waals surface area contributed by atoms with Crippen LogP contribution >= 0.6 is 0 Å². The first kappa shape index (κ1) is 14.0. The van der Waals surface area contributed by atoms with Gasteiger partial charge < -0.3 is 16.4 Å². The van der Waals surface area contributed by atoms with Crippen molar-refractivity contribution in [2.24, 2.45) is 22.3 Å². The summed E-state index contributed by atoms with van der Waals surface area (Å²) in [4.78, 5) is 25.4. The zero-order valence-corrected chi connectivity index (χ0v) is 11.0. The first-order valence-electron chi connectivity index (χ1n) is 6.08. The molecule has 0 bridgehead atoms. The number of nitrogens with zero attached hydrogens (tertiary/aromatic N) is 1. The summed E-state index contributed by atoms with van der Waals surface area (Å²) in [5, 5.41) is 0. The van der Waals surface area contributed by atoms with Crippen molar-refractivity contribution >= 4 is 11.8 Å². The second-order valence-corrected chi connectivity index (χ2v) is 5.52. The number of rotatable bonds is 4. The van der Waals surface area contributed by atoms with E-state index in [9.17, 15) is 9.59 Å². The van der Waals surface area contributed by atoms with Gasteiger partial charge in [0.15, 0.2) is 0 Å². The van der Waals surface area contributed by atoms with Gasteiger partial charge in [-0.3, -0.25) is 9.59 Å². The van der Waals surface area contributed by atoms with E-state index in [-0.39, 0.29) is 11.8 Å². The van der Waals surface area contributed by atoms with Gasteiger partial charge in [-0.1, -0.05) is 6.92 Å². The summed E-state index contributed by atoms with van der Waals surface area (Å²) < 4.78 is 0. The van der Waals surface area contributed by atoms with E-state index in [4.69, 9.17) is 11.5 Å². The second kappa shape index (κ2) is 4.64. The summed E-state index contributed by atoms with van der Waals surface area (Å²) in [6.45, 7) is 6.97. The van der Waals surface area contributed by atoms with E-state index < -0.39 is 10.8 Å². The van der Waals surface area contributed by atoms with Crippen molar-refractivity contribution in [3.63, 3.8) is 0 Å². The summed E-state index contributed by atoms with van der Waals surface area (Å²) in [5.41, 5.74) is 9.93. The smallest absolute Gasteiger partial charge is 0.229 e. The van der Waals surface area contributed by atoms with Gasteiger partial charge >= 0.3 is 0 Å². The predicted octanol–water partition coefficient (Wildman–Crippen LogP) is 0.0853. The predicted molar refractivity (Wildman–Crippen MR) is 66.0 cm³/mol. The lowest BCUT2D eigenvalue weighted by Gasteiger charge is -2.31. The van der Waals surface area contributed by atoms with Gasteiger partial charge in [0.1, 0.15) is 0 Å². The van der Waals surface area contributed by atoms with Crippen LogP contribution in [-0.2, 0) is 9.59 Å². The molecule has 0 aromatic rings. The molecular weight excluding hydrogens is 218 g/mol. The van der Waals surface area contributed by atoms with Crippen molar-refractivity contribution < 1.29 is 9.59 Å². The van der Waals surface area contributed by atoms with Crippen LogP contribution in [0.25, 0.3) is 0 Å². The molecule has 17 heavy (non-hydrogen) atoms. The molecule has 2 unspecified atom stereocenters. The minimum absolute atomic E-state index is 0.0347. The van der Waals surface area contributed by atoms with Gasteiger partial charge in [-0.25, -0.2) is 0 Å². The number of hydrogen-bond donors (Lipinski definition) is 2. The standard InChI is InChI=1S/C12H23N3O2/c1-4-11(2,7-13)10(17)15-6-5-12(3,8-15)9(14)16/h4-8,13H2,1-3H3,(H2,14,16). The molecule has 1 aliphatic heterocycles.